The first-order chi connectivity index (χ1) is 5.77. The standard InChI is InChI=1S/C9H7NO2.Na.H/c10-5-8(6-11)7-1-3-9(12)4-2-7;;/h1-4,6,11-12H;;/q;+1;-1. The zero-order valence-corrected chi connectivity index (χ0v) is 9.23. The van der Waals surface area contributed by atoms with E-state index in [4.69, 9.17) is 15.5 Å². The summed E-state index contributed by atoms with van der Waals surface area (Å²) in [5.41, 5.74) is 0.757. The van der Waals surface area contributed by atoms with Crippen molar-refractivity contribution in [2.45, 2.75) is 0 Å². The van der Waals surface area contributed by atoms with E-state index < -0.39 is 0 Å². The molecule has 2 N–H and O–H groups in total. The van der Waals surface area contributed by atoms with Crippen LogP contribution in [-0.4, -0.2) is 10.2 Å². The van der Waals surface area contributed by atoms with Crippen molar-refractivity contribution in [1.29, 1.82) is 5.26 Å². The van der Waals surface area contributed by atoms with Gasteiger partial charge in [-0.3, -0.25) is 0 Å². The molecule has 0 atom stereocenters. The van der Waals surface area contributed by atoms with Crippen LogP contribution in [0.2, 0.25) is 0 Å². The number of rotatable bonds is 1. The minimum atomic E-state index is 0. The summed E-state index contributed by atoms with van der Waals surface area (Å²) in [6.07, 6.45) is 0.742. The second-order valence-electron chi connectivity index (χ2n) is 2.20. The number of benzene rings is 1. The number of allylic oxidation sites excluding steroid dienone is 1. The van der Waals surface area contributed by atoms with Crippen LogP contribution in [0.15, 0.2) is 30.5 Å². The van der Waals surface area contributed by atoms with Crippen molar-refractivity contribution in [3.8, 4) is 11.8 Å². The van der Waals surface area contributed by atoms with Crippen LogP contribution in [-0.2, 0) is 0 Å². The molecule has 0 fully saturated rings. The van der Waals surface area contributed by atoms with Crippen LogP contribution in [0.25, 0.3) is 5.57 Å². The maximum absolute atomic E-state index is 8.92. The van der Waals surface area contributed by atoms with E-state index in [0.717, 1.165) is 6.26 Å². The fraction of sp³-hybridized carbons (Fsp3) is 0. The summed E-state index contributed by atoms with van der Waals surface area (Å²) in [7, 11) is 0. The number of nitriles is 1. The molecular weight excluding hydrogens is 177 g/mol. The molecule has 0 aliphatic rings. The number of nitrogens with zero attached hydrogens (tertiary/aromatic N) is 1. The third-order valence-electron chi connectivity index (χ3n) is 1.43. The first kappa shape index (κ1) is 12.0. The number of phenols is 1. The third-order valence-corrected chi connectivity index (χ3v) is 1.43. The molecule has 0 saturated carbocycles. The van der Waals surface area contributed by atoms with Gasteiger partial charge >= 0.3 is 29.6 Å². The van der Waals surface area contributed by atoms with Crippen LogP contribution in [0, 0.1) is 11.3 Å². The van der Waals surface area contributed by atoms with Gasteiger partial charge in [0.05, 0.1) is 11.8 Å². The van der Waals surface area contributed by atoms with Crippen LogP contribution in [0.4, 0.5) is 0 Å². The second kappa shape index (κ2) is 5.65. The molecule has 13 heavy (non-hydrogen) atoms. The molecule has 1 aromatic carbocycles. The number of hydrogen-bond acceptors (Lipinski definition) is 3. The number of hydrogen-bond donors (Lipinski definition) is 2. The summed E-state index contributed by atoms with van der Waals surface area (Å²) in [5.74, 6) is 0.133. The van der Waals surface area contributed by atoms with Crippen molar-refractivity contribution in [2.75, 3.05) is 0 Å². The molecule has 1 aromatic rings. The van der Waals surface area contributed by atoms with Crippen LogP contribution >= 0.6 is 0 Å². The molecule has 3 nitrogen and oxygen atoms in total. The zero-order chi connectivity index (χ0) is 8.97. The van der Waals surface area contributed by atoms with E-state index >= 15 is 0 Å². The minimum absolute atomic E-state index is 0. The molecule has 0 radical (unpaired) electrons. The Morgan fingerprint density at radius 3 is 2.31 bits per heavy atom. The van der Waals surface area contributed by atoms with Crippen molar-refractivity contribution in [3.63, 3.8) is 0 Å². The first-order valence-corrected chi connectivity index (χ1v) is 3.32. The van der Waals surface area contributed by atoms with Crippen LogP contribution in [0.5, 0.6) is 5.75 Å². The predicted molar refractivity (Wildman–Crippen MR) is 45.4 cm³/mol. The van der Waals surface area contributed by atoms with Crippen molar-refractivity contribution in [1.82, 2.24) is 0 Å². The van der Waals surface area contributed by atoms with Gasteiger partial charge < -0.3 is 11.6 Å². The van der Waals surface area contributed by atoms with E-state index in [9.17, 15) is 0 Å². The third kappa shape index (κ3) is 3.11. The Morgan fingerprint density at radius 2 is 1.92 bits per heavy atom. The van der Waals surface area contributed by atoms with E-state index in [1.54, 1.807) is 12.1 Å². The minimum Gasteiger partial charge on any atom is -1.00 e. The van der Waals surface area contributed by atoms with Gasteiger partial charge in [-0.05, 0) is 29.8 Å². The van der Waals surface area contributed by atoms with E-state index in [0.29, 0.717) is 5.56 Å². The molecule has 0 aliphatic heterocycles. The van der Waals surface area contributed by atoms with Crippen molar-refractivity contribution in [2.24, 2.45) is 0 Å². The zero-order valence-electron chi connectivity index (χ0n) is 8.23. The van der Waals surface area contributed by atoms with E-state index in [2.05, 4.69) is 0 Å². The average Bonchev–Trinajstić information content (AvgIpc) is 2.10. The van der Waals surface area contributed by atoms with Gasteiger partial charge in [0.25, 0.3) is 0 Å². The molecule has 0 unspecified atom stereocenters. The molecule has 0 spiro atoms. The van der Waals surface area contributed by atoms with Crippen LogP contribution in [0.3, 0.4) is 0 Å². The molecule has 0 aliphatic carbocycles. The quantitative estimate of drug-likeness (QED) is 0.332. The fourth-order valence-electron chi connectivity index (χ4n) is 0.809. The molecule has 62 valence electrons. The Kier molecular flexibility index (Phi) is 5.24. The first-order valence-electron chi connectivity index (χ1n) is 3.32. The van der Waals surface area contributed by atoms with Gasteiger partial charge in [0.1, 0.15) is 11.8 Å². The van der Waals surface area contributed by atoms with Crippen molar-refractivity contribution in [3.05, 3.63) is 36.1 Å². The Labute approximate surface area is 99.7 Å². The maximum Gasteiger partial charge on any atom is 1.00 e. The molecule has 4 heteroatoms. The van der Waals surface area contributed by atoms with Crippen LogP contribution < -0.4 is 29.6 Å². The normalized spacial score (nSPS) is 9.92. The Morgan fingerprint density at radius 1 is 1.38 bits per heavy atom. The monoisotopic (exact) mass is 185 g/mol. The molecular formula is C9H8NNaO2. The maximum atomic E-state index is 8.92. The summed E-state index contributed by atoms with van der Waals surface area (Å²) in [5, 5.41) is 26.0. The van der Waals surface area contributed by atoms with Gasteiger partial charge in [0.15, 0.2) is 0 Å². The number of aromatic hydroxyl groups is 1. The van der Waals surface area contributed by atoms with Gasteiger partial charge in [-0.2, -0.15) is 5.26 Å². The molecule has 0 aromatic heterocycles. The largest absolute Gasteiger partial charge is 1.00 e. The van der Waals surface area contributed by atoms with E-state index in [-0.39, 0.29) is 42.3 Å². The van der Waals surface area contributed by atoms with Gasteiger partial charge in [-0.15, -0.1) is 0 Å². The summed E-state index contributed by atoms with van der Waals surface area (Å²) < 4.78 is 0. The average molecular weight is 185 g/mol. The summed E-state index contributed by atoms with van der Waals surface area (Å²) >= 11 is 0. The number of aliphatic hydroxyl groups is 1. The second-order valence-corrected chi connectivity index (χ2v) is 2.20. The fourth-order valence-corrected chi connectivity index (χ4v) is 0.809. The molecule has 0 saturated heterocycles. The Balaban J connectivity index is 0. The van der Waals surface area contributed by atoms with Crippen LogP contribution in [0.1, 0.15) is 6.99 Å². The Bertz CT molecular complexity index is 343. The van der Waals surface area contributed by atoms with E-state index in [1.165, 1.54) is 12.1 Å². The smallest absolute Gasteiger partial charge is 1.00 e. The molecule has 1 rings (SSSR count). The van der Waals surface area contributed by atoms with E-state index in [1.807, 2.05) is 6.07 Å². The molecule has 0 heterocycles. The van der Waals surface area contributed by atoms with Crippen molar-refractivity contribution < 1.29 is 41.2 Å². The number of phenolic OH excluding ortho intramolecular Hbond substituents is 1. The van der Waals surface area contributed by atoms with Gasteiger partial charge in [-0.1, -0.05) is 0 Å². The summed E-state index contributed by atoms with van der Waals surface area (Å²) in [4.78, 5) is 0. The summed E-state index contributed by atoms with van der Waals surface area (Å²) in [6, 6.07) is 7.84. The molecule has 0 amide bonds. The van der Waals surface area contributed by atoms with Crippen molar-refractivity contribution >= 4 is 5.57 Å². The van der Waals surface area contributed by atoms with Gasteiger partial charge in [0.2, 0.25) is 0 Å². The molecule has 0 bridgehead atoms. The van der Waals surface area contributed by atoms with Gasteiger partial charge in [0, 0.05) is 0 Å². The van der Waals surface area contributed by atoms with Gasteiger partial charge in [-0.25, -0.2) is 0 Å². The SMILES string of the molecule is N#CC(=CO)c1ccc(O)cc1.[H-].[Na+]. The topological polar surface area (TPSA) is 64.2 Å². The summed E-state index contributed by atoms with van der Waals surface area (Å²) in [6.45, 7) is 0. The number of aliphatic hydroxyl groups excluding tert-OH is 1. The Hall–Kier alpha value is -0.950. The predicted octanol–water partition coefficient (Wildman–Crippen LogP) is -1.07.